The minimum absolute atomic E-state index is 0.0992. The highest BCUT2D eigenvalue weighted by Crippen LogP contribution is 2.21. The van der Waals surface area contributed by atoms with Gasteiger partial charge in [0.05, 0.1) is 29.9 Å². The largest absolute Gasteiger partial charge is 0.384 e. The van der Waals surface area contributed by atoms with E-state index >= 15 is 0 Å². The Labute approximate surface area is 173 Å². The molecule has 0 radical (unpaired) electrons. The molecule has 2 aromatic heterocycles. The number of urea groups is 1. The summed E-state index contributed by atoms with van der Waals surface area (Å²) in [5.74, 6) is 0.918. The van der Waals surface area contributed by atoms with Gasteiger partial charge in [0.2, 0.25) is 0 Å². The topological polar surface area (TPSA) is 67.7 Å². The number of benzene rings is 1. The number of hydrogen-bond donors (Lipinski definition) is 2. The van der Waals surface area contributed by atoms with E-state index in [1.807, 2.05) is 35.7 Å². The molecule has 28 heavy (non-hydrogen) atoms. The molecule has 1 aromatic carbocycles. The van der Waals surface area contributed by atoms with Crippen molar-refractivity contribution in [2.24, 2.45) is 0 Å². The van der Waals surface area contributed by atoms with Crippen LogP contribution in [0.5, 0.6) is 0 Å². The van der Waals surface area contributed by atoms with Gasteiger partial charge in [0, 0.05) is 30.2 Å². The number of amides is 2. The van der Waals surface area contributed by atoms with Gasteiger partial charge in [-0.25, -0.2) is 9.78 Å². The van der Waals surface area contributed by atoms with Gasteiger partial charge >= 0.3 is 6.03 Å². The van der Waals surface area contributed by atoms with E-state index in [1.54, 1.807) is 31.1 Å². The van der Waals surface area contributed by atoms with Gasteiger partial charge in [-0.1, -0.05) is 23.7 Å². The molecule has 2 N–H and O–H groups in total. The third kappa shape index (κ3) is 5.64. The highest BCUT2D eigenvalue weighted by molar-refractivity contribution is 7.99. The summed E-state index contributed by atoms with van der Waals surface area (Å²) in [5, 5.41) is 6.43. The first-order valence-electron chi connectivity index (χ1n) is 8.94. The molecule has 0 fully saturated rings. The average molecular weight is 419 g/mol. The van der Waals surface area contributed by atoms with Gasteiger partial charge in [-0.05, 0) is 36.8 Å². The number of carbonyl (C=O) groups excluding carboxylic acids is 1. The van der Waals surface area contributed by atoms with Crippen molar-refractivity contribution in [3.05, 3.63) is 65.1 Å². The Hall–Kier alpha value is -2.22. The fourth-order valence-electron chi connectivity index (χ4n) is 2.70. The Bertz CT molecular complexity index is 930. The summed E-state index contributed by atoms with van der Waals surface area (Å²) < 4.78 is 6.90. The quantitative estimate of drug-likeness (QED) is 0.423. The predicted molar refractivity (Wildman–Crippen MR) is 113 cm³/mol. The van der Waals surface area contributed by atoms with Crippen molar-refractivity contribution in [3.8, 4) is 0 Å². The van der Waals surface area contributed by atoms with Crippen LogP contribution in [0.1, 0.15) is 24.2 Å². The summed E-state index contributed by atoms with van der Waals surface area (Å²) in [7, 11) is 1.70. The number of halogens is 1. The molecule has 1 atom stereocenters. The van der Waals surface area contributed by atoms with Gasteiger partial charge in [-0.3, -0.25) is 0 Å². The number of imidazole rings is 1. The molecule has 148 valence electrons. The molecule has 0 aliphatic carbocycles. The molecule has 0 aliphatic heterocycles. The molecule has 0 aliphatic rings. The van der Waals surface area contributed by atoms with E-state index in [0.29, 0.717) is 11.6 Å². The Morgan fingerprint density at radius 2 is 2.04 bits per heavy atom. The lowest BCUT2D eigenvalue weighted by atomic mass is 10.1. The molecular formula is C20H23ClN4O2S. The fraction of sp³-hybridized carbons (Fsp3) is 0.300. The maximum absolute atomic E-state index is 12.2. The zero-order chi connectivity index (χ0) is 19.9. The normalized spacial score (nSPS) is 12.1. The van der Waals surface area contributed by atoms with Crippen LogP contribution < -0.4 is 10.6 Å². The zero-order valence-electron chi connectivity index (χ0n) is 15.8. The van der Waals surface area contributed by atoms with Crippen molar-refractivity contribution < 1.29 is 9.53 Å². The van der Waals surface area contributed by atoms with Crippen LogP contribution in [0.4, 0.5) is 4.79 Å². The molecule has 1 unspecified atom stereocenters. The van der Waals surface area contributed by atoms with Crippen molar-refractivity contribution in [1.29, 1.82) is 0 Å². The van der Waals surface area contributed by atoms with Gasteiger partial charge in [0.15, 0.2) is 0 Å². The van der Waals surface area contributed by atoms with E-state index in [1.165, 1.54) is 4.90 Å². The second-order valence-corrected chi connectivity index (χ2v) is 7.91. The standard InChI is InChI=1S/C20H23ClN4O2S/c1-14(15-3-6-18(7-4-15)28-10-9-27-2)23-20(26)22-11-17-13-25-12-16(21)5-8-19(25)24-17/h3-8,12-14H,9-11H2,1-2H3,(H2,22,23,26). The molecule has 3 rings (SSSR count). The van der Waals surface area contributed by atoms with Crippen molar-refractivity contribution >= 4 is 35.0 Å². The SMILES string of the molecule is COCCSc1ccc(C(C)NC(=O)NCc2cn3cc(Cl)ccc3n2)cc1. The predicted octanol–water partition coefficient (Wildman–Crippen LogP) is 4.29. The number of aromatic nitrogens is 2. The fourth-order valence-corrected chi connectivity index (χ4v) is 3.68. The van der Waals surface area contributed by atoms with Gasteiger partial charge in [-0.2, -0.15) is 0 Å². The third-order valence-electron chi connectivity index (χ3n) is 4.18. The lowest BCUT2D eigenvalue weighted by molar-refractivity contribution is 0.218. The van der Waals surface area contributed by atoms with E-state index < -0.39 is 0 Å². The lowest BCUT2D eigenvalue weighted by Gasteiger charge is -2.15. The summed E-state index contributed by atoms with van der Waals surface area (Å²) in [4.78, 5) is 17.9. The average Bonchev–Trinajstić information content (AvgIpc) is 3.09. The van der Waals surface area contributed by atoms with E-state index in [0.717, 1.165) is 29.3 Å². The van der Waals surface area contributed by atoms with Crippen molar-refractivity contribution in [2.75, 3.05) is 19.5 Å². The molecule has 2 heterocycles. The minimum atomic E-state index is -0.235. The number of nitrogens with zero attached hydrogens (tertiary/aromatic N) is 2. The summed E-state index contributed by atoms with van der Waals surface area (Å²) in [5.41, 5.74) is 2.61. The number of thioether (sulfide) groups is 1. The van der Waals surface area contributed by atoms with Crippen molar-refractivity contribution in [1.82, 2.24) is 20.0 Å². The Kier molecular flexibility index (Phi) is 7.19. The highest BCUT2D eigenvalue weighted by atomic mass is 35.5. The first-order valence-corrected chi connectivity index (χ1v) is 10.3. The number of hydrogen-bond acceptors (Lipinski definition) is 4. The number of nitrogens with one attached hydrogen (secondary N) is 2. The Morgan fingerprint density at radius 1 is 1.25 bits per heavy atom. The van der Waals surface area contributed by atoms with Crippen molar-refractivity contribution in [2.45, 2.75) is 24.4 Å². The molecule has 3 aromatic rings. The molecule has 0 saturated heterocycles. The Morgan fingerprint density at radius 3 is 2.79 bits per heavy atom. The first kappa shape index (κ1) is 20.5. The molecule has 0 saturated carbocycles. The van der Waals surface area contributed by atoms with Crippen LogP contribution in [0.25, 0.3) is 5.65 Å². The molecule has 0 spiro atoms. The van der Waals surface area contributed by atoms with Gasteiger partial charge < -0.3 is 19.8 Å². The summed E-state index contributed by atoms with van der Waals surface area (Å²) in [6.45, 7) is 3.02. The second-order valence-electron chi connectivity index (χ2n) is 6.30. The molecule has 0 bridgehead atoms. The number of carbonyl (C=O) groups is 1. The minimum Gasteiger partial charge on any atom is -0.384 e. The maximum Gasteiger partial charge on any atom is 0.315 e. The smallest absolute Gasteiger partial charge is 0.315 e. The molecule has 6 nitrogen and oxygen atoms in total. The number of rotatable bonds is 8. The van der Waals surface area contributed by atoms with Crippen molar-refractivity contribution in [3.63, 3.8) is 0 Å². The zero-order valence-corrected chi connectivity index (χ0v) is 17.4. The number of fused-ring (bicyclic) bond motifs is 1. The van der Waals surface area contributed by atoms with Crippen LogP contribution in [-0.2, 0) is 11.3 Å². The third-order valence-corrected chi connectivity index (χ3v) is 5.38. The summed E-state index contributed by atoms with van der Waals surface area (Å²) in [6, 6.07) is 11.5. The van der Waals surface area contributed by atoms with Gasteiger partial charge in [0.1, 0.15) is 5.65 Å². The molecule has 8 heteroatoms. The molecular weight excluding hydrogens is 396 g/mol. The van der Waals surface area contributed by atoms with Crippen LogP contribution in [0, 0.1) is 0 Å². The number of methoxy groups -OCH3 is 1. The monoisotopic (exact) mass is 418 g/mol. The lowest BCUT2D eigenvalue weighted by Crippen LogP contribution is -2.36. The van der Waals surface area contributed by atoms with Gasteiger partial charge in [-0.15, -0.1) is 11.8 Å². The second kappa shape index (κ2) is 9.82. The first-order chi connectivity index (χ1) is 13.5. The summed E-state index contributed by atoms with van der Waals surface area (Å²) in [6.07, 6.45) is 3.64. The molecule has 2 amide bonds. The summed E-state index contributed by atoms with van der Waals surface area (Å²) >= 11 is 7.72. The van der Waals surface area contributed by atoms with Crippen LogP contribution in [0.3, 0.4) is 0 Å². The van der Waals surface area contributed by atoms with Gasteiger partial charge in [0.25, 0.3) is 0 Å². The van der Waals surface area contributed by atoms with Crippen LogP contribution in [-0.4, -0.2) is 34.9 Å². The van der Waals surface area contributed by atoms with E-state index in [9.17, 15) is 4.79 Å². The maximum atomic E-state index is 12.2. The van der Waals surface area contributed by atoms with Crippen LogP contribution in [0.15, 0.2) is 53.7 Å². The highest BCUT2D eigenvalue weighted by Gasteiger charge is 2.10. The van der Waals surface area contributed by atoms with E-state index in [4.69, 9.17) is 16.3 Å². The van der Waals surface area contributed by atoms with Crippen LogP contribution in [0.2, 0.25) is 5.02 Å². The Balaban J connectivity index is 1.49. The number of ether oxygens (including phenoxy) is 1. The number of pyridine rings is 1. The van der Waals surface area contributed by atoms with E-state index in [2.05, 4.69) is 27.8 Å². The van der Waals surface area contributed by atoms with Crippen LogP contribution >= 0.6 is 23.4 Å². The van der Waals surface area contributed by atoms with E-state index in [-0.39, 0.29) is 12.1 Å².